The van der Waals surface area contributed by atoms with Crippen LogP contribution in [0.2, 0.25) is 0 Å². The summed E-state index contributed by atoms with van der Waals surface area (Å²) in [4.78, 5) is 2.63. The Morgan fingerprint density at radius 2 is 2.00 bits per heavy atom. The molecular formula is C13H23N3. The molecule has 16 heavy (non-hydrogen) atoms. The number of hydrogen-bond acceptors (Lipinski definition) is 3. The minimum absolute atomic E-state index is 0.454. The van der Waals surface area contributed by atoms with Crippen LogP contribution in [-0.2, 0) is 0 Å². The lowest BCUT2D eigenvalue weighted by Crippen LogP contribution is -2.46. The maximum Gasteiger partial charge on any atom is 0.0638 e. The molecule has 0 aromatic carbocycles. The molecule has 1 aliphatic heterocycles. The van der Waals surface area contributed by atoms with E-state index in [0.29, 0.717) is 12.5 Å². The van der Waals surface area contributed by atoms with Crippen molar-refractivity contribution >= 4 is 0 Å². The molecule has 1 saturated carbocycles. The van der Waals surface area contributed by atoms with Crippen LogP contribution in [-0.4, -0.2) is 36.6 Å². The largest absolute Gasteiger partial charge is 0.315 e. The maximum absolute atomic E-state index is 8.92. The van der Waals surface area contributed by atoms with E-state index in [0.717, 1.165) is 19.1 Å². The Hall–Kier alpha value is -0.590. The van der Waals surface area contributed by atoms with Crippen molar-refractivity contribution in [2.75, 3.05) is 19.6 Å². The normalized spacial score (nSPS) is 29.6. The summed E-state index contributed by atoms with van der Waals surface area (Å²) in [5.41, 5.74) is 0. The lowest BCUT2D eigenvalue weighted by Gasteiger charge is -2.38. The van der Waals surface area contributed by atoms with Crippen LogP contribution < -0.4 is 5.32 Å². The lowest BCUT2D eigenvalue weighted by molar-refractivity contribution is 0.114. The molecule has 2 rings (SSSR count). The first-order chi connectivity index (χ1) is 7.92. The van der Waals surface area contributed by atoms with Crippen LogP contribution in [0.25, 0.3) is 0 Å². The summed E-state index contributed by atoms with van der Waals surface area (Å²) in [5, 5.41) is 12.4. The Morgan fingerprint density at radius 3 is 2.75 bits per heavy atom. The van der Waals surface area contributed by atoms with E-state index in [4.69, 9.17) is 5.26 Å². The van der Waals surface area contributed by atoms with Crippen molar-refractivity contribution in [3.63, 3.8) is 0 Å². The van der Waals surface area contributed by atoms with E-state index in [1.807, 2.05) is 0 Å². The first kappa shape index (κ1) is 11.9. The summed E-state index contributed by atoms with van der Waals surface area (Å²) >= 11 is 0. The molecule has 90 valence electrons. The molecule has 0 spiro atoms. The van der Waals surface area contributed by atoms with E-state index in [1.165, 1.54) is 45.1 Å². The zero-order valence-electron chi connectivity index (χ0n) is 10.1. The molecular weight excluding hydrogens is 198 g/mol. The quantitative estimate of drug-likeness (QED) is 0.774. The highest BCUT2D eigenvalue weighted by molar-refractivity contribution is 4.90. The average molecular weight is 221 g/mol. The van der Waals surface area contributed by atoms with Crippen molar-refractivity contribution in [3.8, 4) is 6.07 Å². The molecule has 1 heterocycles. The van der Waals surface area contributed by atoms with Gasteiger partial charge in [-0.1, -0.05) is 19.3 Å². The van der Waals surface area contributed by atoms with Crippen LogP contribution in [0.3, 0.4) is 0 Å². The van der Waals surface area contributed by atoms with Crippen molar-refractivity contribution < 1.29 is 0 Å². The van der Waals surface area contributed by atoms with Gasteiger partial charge in [0.1, 0.15) is 0 Å². The van der Waals surface area contributed by atoms with Crippen LogP contribution in [0.15, 0.2) is 0 Å². The summed E-state index contributed by atoms with van der Waals surface area (Å²) in [6.45, 7) is 3.30. The van der Waals surface area contributed by atoms with Crippen LogP contribution in [0.5, 0.6) is 0 Å². The predicted octanol–water partition coefficient (Wildman–Crippen LogP) is 1.90. The number of hydrogen-bond donors (Lipinski definition) is 1. The fraction of sp³-hybridized carbons (Fsp3) is 0.923. The van der Waals surface area contributed by atoms with Gasteiger partial charge in [0.05, 0.1) is 12.5 Å². The second-order valence-corrected chi connectivity index (χ2v) is 5.10. The van der Waals surface area contributed by atoms with Gasteiger partial charge >= 0.3 is 0 Å². The van der Waals surface area contributed by atoms with Gasteiger partial charge in [0, 0.05) is 25.2 Å². The molecule has 0 radical (unpaired) electrons. The second kappa shape index (κ2) is 6.22. The Kier molecular flexibility index (Phi) is 4.62. The molecule has 0 bridgehead atoms. The Balaban J connectivity index is 1.98. The number of rotatable bonds is 2. The summed E-state index contributed by atoms with van der Waals surface area (Å²) in [5.74, 6) is 0. The summed E-state index contributed by atoms with van der Waals surface area (Å²) in [6.07, 6.45) is 8.79. The number of nitrogens with zero attached hydrogens (tertiary/aromatic N) is 2. The Bertz CT molecular complexity index is 240. The fourth-order valence-corrected chi connectivity index (χ4v) is 3.14. The number of nitrogens with one attached hydrogen (secondary N) is 1. The smallest absolute Gasteiger partial charge is 0.0638 e. The zero-order chi connectivity index (χ0) is 11.2. The van der Waals surface area contributed by atoms with Gasteiger partial charge in [0.15, 0.2) is 0 Å². The van der Waals surface area contributed by atoms with Crippen LogP contribution in [0.1, 0.15) is 44.9 Å². The van der Waals surface area contributed by atoms with Gasteiger partial charge in [-0.15, -0.1) is 0 Å². The van der Waals surface area contributed by atoms with Crippen molar-refractivity contribution in [2.24, 2.45) is 0 Å². The molecule has 2 aliphatic rings. The lowest BCUT2D eigenvalue weighted by atomic mass is 9.92. The van der Waals surface area contributed by atoms with Crippen molar-refractivity contribution in [3.05, 3.63) is 0 Å². The summed E-state index contributed by atoms with van der Waals surface area (Å²) in [7, 11) is 0. The third-order valence-corrected chi connectivity index (χ3v) is 3.99. The molecule has 1 aliphatic carbocycles. The molecule has 1 unspecified atom stereocenters. The average Bonchev–Trinajstić information content (AvgIpc) is 2.56. The van der Waals surface area contributed by atoms with Crippen molar-refractivity contribution in [2.45, 2.75) is 57.0 Å². The van der Waals surface area contributed by atoms with Gasteiger partial charge in [-0.2, -0.15) is 5.26 Å². The standard InChI is InChI=1S/C13H23N3/c14-8-7-13-11-15-9-4-10-16(13)12-5-2-1-3-6-12/h12-13,15H,1-7,9-11H2. The van der Waals surface area contributed by atoms with Crippen molar-refractivity contribution in [1.29, 1.82) is 5.26 Å². The fourth-order valence-electron chi connectivity index (χ4n) is 3.14. The summed E-state index contributed by atoms with van der Waals surface area (Å²) in [6, 6.07) is 3.56. The molecule has 1 saturated heterocycles. The summed E-state index contributed by atoms with van der Waals surface area (Å²) < 4.78 is 0. The minimum Gasteiger partial charge on any atom is -0.315 e. The van der Waals surface area contributed by atoms with E-state index in [-0.39, 0.29) is 0 Å². The van der Waals surface area contributed by atoms with Gasteiger partial charge < -0.3 is 5.32 Å². The minimum atomic E-state index is 0.454. The monoisotopic (exact) mass is 221 g/mol. The topological polar surface area (TPSA) is 39.1 Å². The maximum atomic E-state index is 8.92. The molecule has 1 N–H and O–H groups in total. The molecule has 3 nitrogen and oxygen atoms in total. The first-order valence-corrected chi connectivity index (χ1v) is 6.75. The molecule has 1 atom stereocenters. The highest BCUT2D eigenvalue weighted by atomic mass is 15.2. The van der Waals surface area contributed by atoms with Crippen LogP contribution in [0, 0.1) is 11.3 Å². The van der Waals surface area contributed by atoms with Gasteiger partial charge in [-0.3, -0.25) is 4.90 Å². The van der Waals surface area contributed by atoms with E-state index in [2.05, 4.69) is 16.3 Å². The Morgan fingerprint density at radius 1 is 1.19 bits per heavy atom. The van der Waals surface area contributed by atoms with Gasteiger partial charge in [0.25, 0.3) is 0 Å². The van der Waals surface area contributed by atoms with Gasteiger partial charge in [-0.05, 0) is 25.8 Å². The second-order valence-electron chi connectivity index (χ2n) is 5.10. The van der Waals surface area contributed by atoms with E-state index in [9.17, 15) is 0 Å². The van der Waals surface area contributed by atoms with Crippen molar-refractivity contribution in [1.82, 2.24) is 10.2 Å². The molecule has 0 aromatic rings. The third kappa shape index (κ3) is 2.96. The van der Waals surface area contributed by atoms with E-state index < -0.39 is 0 Å². The SMILES string of the molecule is N#CCC1CNCCCN1C1CCCCC1. The van der Waals surface area contributed by atoms with Gasteiger partial charge in [0.2, 0.25) is 0 Å². The molecule has 0 amide bonds. The predicted molar refractivity (Wildman–Crippen MR) is 65.1 cm³/mol. The third-order valence-electron chi connectivity index (χ3n) is 3.99. The number of nitriles is 1. The van der Waals surface area contributed by atoms with Crippen LogP contribution in [0.4, 0.5) is 0 Å². The van der Waals surface area contributed by atoms with E-state index >= 15 is 0 Å². The van der Waals surface area contributed by atoms with Crippen LogP contribution >= 0.6 is 0 Å². The van der Waals surface area contributed by atoms with Gasteiger partial charge in [-0.25, -0.2) is 0 Å². The highest BCUT2D eigenvalue weighted by Gasteiger charge is 2.28. The molecule has 2 fully saturated rings. The van der Waals surface area contributed by atoms with E-state index in [1.54, 1.807) is 0 Å². The highest BCUT2D eigenvalue weighted by Crippen LogP contribution is 2.25. The molecule has 0 aromatic heterocycles. The molecule has 3 heteroatoms. The Labute approximate surface area is 98.8 Å². The first-order valence-electron chi connectivity index (χ1n) is 6.75. The zero-order valence-corrected chi connectivity index (χ0v) is 10.1.